The van der Waals surface area contributed by atoms with Gasteiger partial charge in [-0.25, -0.2) is 4.98 Å². The average Bonchev–Trinajstić information content (AvgIpc) is 2.94. The molecule has 0 bridgehead atoms. The number of carbonyl (C=O) groups excluding carboxylic acids is 1. The Hall–Kier alpha value is -1.62. The lowest BCUT2D eigenvalue weighted by Crippen LogP contribution is -2.36. The molecule has 21 heavy (non-hydrogen) atoms. The Morgan fingerprint density at radius 1 is 1.48 bits per heavy atom. The van der Waals surface area contributed by atoms with Crippen molar-refractivity contribution in [2.75, 3.05) is 38.0 Å². The largest absolute Gasteiger partial charge is 0.370 e. The minimum absolute atomic E-state index is 0.154. The highest BCUT2D eigenvalue weighted by Crippen LogP contribution is 2.16. The van der Waals surface area contributed by atoms with Gasteiger partial charge in [0.25, 0.3) is 0 Å². The maximum Gasteiger partial charge on any atom is 0.234 e. The van der Waals surface area contributed by atoms with Gasteiger partial charge in [-0.1, -0.05) is 19.4 Å². The monoisotopic (exact) mass is 290 g/mol. The first-order chi connectivity index (χ1) is 10.3. The summed E-state index contributed by atoms with van der Waals surface area (Å²) in [6.45, 7) is 6.38. The van der Waals surface area contributed by atoms with Crippen LogP contribution in [-0.2, 0) is 4.79 Å². The van der Waals surface area contributed by atoms with Crippen molar-refractivity contribution >= 4 is 11.7 Å². The van der Waals surface area contributed by atoms with Crippen LogP contribution in [0, 0.1) is 5.92 Å². The van der Waals surface area contributed by atoms with Crippen LogP contribution in [0.4, 0.5) is 5.82 Å². The SMILES string of the molecule is CCCCNC(=O)CN1CC[C@@H](CNc2ccccn2)C1. The van der Waals surface area contributed by atoms with Gasteiger partial charge in [0.1, 0.15) is 5.82 Å². The minimum Gasteiger partial charge on any atom is -0.370 e. The molecular weight excluding hydrogens is 264 g/mol. The minimum atomic E-state index is 0.154. The maximum atomic E-state index is 11.8. The van der Waals surface area contributed by atoms with Gasteiger partial charge in [0.15, 0.2) is 0 Å². The van der Waals surface area contributed by atoms with Crippen molar-refractivity contribution in [2.24, 2.45) is 5.92 Å². The van der Waals surface area contributed by atoms with Crippen LogP contribution in [-0.4, -0.2) is 48.5 Å². The Labute approximate surface area is 127 Å². The molecule has 1 saturated heterocycles. The lowest BCUT2D eigenvalue weighted by Gasteiger charge is -2.16. The zero-order valence-electron chi connectivity index (χ0n) is 12.8. The van der Waals surface area contributed by atoms with Crippen LogP contribution in [0.25, 0.3) is 0 Å². The first-order valence-electron chi connectivity index (χ1n) is 7.92. The van der Waals surface area contributed by atoms with Crippen molar-refractivity contribution in [1.82, 2.24) is 15.2 Å². The number of amides is 1. The lowest BCUT2D eigenvalue weighted by molar-refractivity contribution is -0.122. The highest BCUT2D eigenvalue weighted by Gasteiger charge is 2.23. The fourth-order valence-corrected chi connectivity index (χ4v) is 2.60. The summed E-state index contributed by atoms with van der Waals surface area (Å²) in [5.74, 6) is 1.67. The summed E-state index contributed by atoms with van der Waals surface area (Å²) < 4.78 is 0. The van der Waals surface area contributed by atoms with Crippen molar-refractivity contribution in [2.45, 2.75) is 26.2 Å². The van der Waals surface area contributed by atoms with Crippen molar-refractivity contribution in [3.63, 3.8) is 0 Å². The summed E-state index contributed by atoms with van der Waals surface area (Å²) in [5, 5.41) is 6.34. The number of nitrogens with zero attached hydrogens (tertiary/aromatic N) is 2. The molecule has 1 atom stereocenters. The molecule has 5 nitrogen and oxygen atoms in total. The number of nitrogens with one attached hydrogen (secondary N) is 2. The van der Waals surface area contributed by atoms with Crippen molar-refractivity contribution in [3.8, 4) is 0 Å². The van der Waals surface area contributed by atoms with Crippen molar-refractivity contribution < 1.29 is 4.79 Å². The van der Waals surface area contributed by atoms with Crippen LogP contribution in [0.1, 0.15) is 26.2 Å². The van der Waals surface area contributed by atoms with Gasteiger partial charge in [-0.2, -0.15) is 0 Å². The van der Waals surface area contributed by atoms with E-state index in [2.05, 4.69) is 27.4 Å². The second-order valence-electron chi connectivity index (χ2n) is 5.69. The second-order valence-corrected chi connectivity index (χ2v) is 5.69. The standard InChI is InChI=1S/C16H26N4O/c1-2-3-8-18-16(21)13-20-10-7-14(12-20)11-19-15-6-4-5-9-17-15/h4-6,9,14H,2-3,7-8,10-13H2,1H3,(H,17,19)(H,18,21)/t14-/m0/s1. The first kappa shape index (κ1) is 15.8. The van der Waals surface area contributed by atoms with E-state index in [9.17, 15) is 4.79 Å². The Kier molecular flexibility index (Phi) is 6.47. The summed E-state index contributed by atoms with van der Waals surface area (Å²) in [6, 6.07) is 5.88. The third-order valence-corrected chi connectivity index (χ3v) is 3.83. The van der Waals surface area contributed by atoms with E-state index in [1.165, 1.54) is 0 Å². The van der Waals surface area contributed by atoms with Gasteiger partial charge in [-0.05, 0) is 37.4 Å². The van der Waals surface area contributed by atoms with Gasteiger partial charge in [0.05, 0.1) is 6.54 Å². The van der Waals surface area contributed by atoms with Crippen molar-refractivity contribution in [3.05, 3.63) is 24.4 Å². The van der Waals surface area contributed by atoms with Crippen LogP contribution in [0.5, 0.6) is 0 Å². The predicted octanol–water partition coefficient (Wildman–Crippen LogP) is 1.73. The molecule has 1 aliphatic heterocycles. The predicted molar refractivity (Wildman–Crippen MR) is 85.2 cm³/mol. The van der Waals surface area contributed by atoms with E-state index in [1.807, 2.05) is 18.2 Å². The topological polar surface area (TPSA) is 57.3 Å². The fourth-order valence-electron chi connectivity index (χ4n) is 2.60. The quantitative estimate of drug-likeness (QED) is 0.716. The van der Waals surface area contributed by atoms with Crippen molar-refractivity contribution in [1.29, 1.82) is 0 Å². The third-order valence-electron chi connectivity index (χ3n) is 3.83. The molecule has 1 amide bonds. The van der Waals surface area contributed by atoms with E-state index in [-0.39, 0.29) is 5.91 Å². The number of unbranched alkanes of at least 4 members (excludes halogenated alkanes) is 1. The number of anilines is 1. The summed E-state index contributed by atoms with van der Waals surface area (Å²) in [5.41, 5.74) is 0. The summed E-state index contributed by atoms with van der Waals surface area (Å²) in [7, 11) is 0. The molecule has 116 valence electrons. The third kappa shape index (κ3) is 5.71. The lowest BCUT2D eigenvalue weighted by atomic mass is 10.1. The van der Waals surface area contributed by atoms with Gasteiger partial charge in [-0.15, -0.1) is 0 Å². The van der Waals surface area contributed by atoms with Crippen LogP contribution in [0.3, 0.4) is 0 Å². The summed E-state index contributed by atoms with van der Waals surface area (Å²) in [4.78, 5) is 18.3. The van der Waals surface area contributed by atoms with E-state index in [0.29, 0.717) is 12.5 Å². The molecule has 1 aliphatic rings. The van der Waals surface area contributed by atoms with E-state index >= 15 is 0 Å². The zero-order chi connectivity index (χ0) is 14.9. The van der Waals surface area contributed by atoms with Gasteiger partial charge in [0, 0.05) is 25.8 Å². The Morgan fingerprint density at radius 2 is 2.38 bits per heavy atom. The van der Waals surface area contributed by atoms with Gasteiger partial charge >= 0.3 is 0 Å². The maximum absolute atomic E-state index is 11.8. The molecule has 2 N–H and O–H groups in total. The Morgan fingerprint density at radius 3 is 3.14 bits per heavy atom. The molecule has 0 aromatic carbocycles. The fraction of sp³-hybridized carbons (Fsp3) is 0.625. The Balaban J connectivity index is 1.63. The van der Waals surface area contributed by atoms with E-state index in [4.69, 9.17) is 0 Å². The number of aromatic nitrogens is 1. The molecule has 1 fully saturated rings. The molecule has 0 spiro atoms. The van der Waals surface area contributed by atoms with Crippen LogP contribution in [0.2, 0.25) is 0 Å². The summed E-state index contributed by atoms with van der Waals surface area (Å²) in [6.07, 6.45) is 5.11. The van der Waals surface area contributed by atoms with E-state index in [1.54, 1.807) is 6.20 Å². The number of likely N-dealkylation sites (tertiary alicyclic amines) is 1. The highest BCUT2D eigenvalue weighted by molar-refractivity contribution is 5.78. The first-order valence-corrected chi connectivity index (χ1v) is 7.92. The smallest absolute Gasteiger partial charge is 0.234 e. The molecule has 0 saturated carbocycles. The second kappa shape index (κ2) is 8.62. The van der Waals surface area contributed by atoms with E-state index < -0.39 is 0 Å². The molecule has 0 unspecified atom stereocenters. The van der Waals surface area contributed by atoms with Gasteiger partial charge < -0.3 is 10.6 Å². The number of pyridine rings is 1. The Bertz CT molecular complexity index is 424. The van der Waals surface area contributed by atoms with Gasteiger partial charge in [-0.3, -0.25) is 9.69 Å². The molecule has 1 aromatic rings. The normalized spacial score (nSPS) is 18.6. The highest BCUT2D eigenvalue weighted by atomic mass is 16.2. The van der Waals surface area contributed by atoms with Crippen LogP contribution in [0.15, 0.2) is 24.4 Å². The number of hydrogen-bond acceptors (Lipinski definition) is 4. The molecule has 5 heteroatoms. The molecule has 2 heterocycles. The molecule has 0 radical (unpaired) electrons. The molecular formula is C16H26N4O. The summed E-state index contributed by atoms with van der Waals surface area (Å²) >= 11 is 0. The molecule has 1 aromatic heterocycles. The van der Waals surface area contributed by atoms with Crippen LogP contribution >= 0.6 is 0 Å². The van der Waals surface area contributed by atoms with E-state index in [0.717, 1.165) is 51.3 Å². The molecule has 0 aliphatic carbocycles. The number of hydrogen-bond donors (Lipinski definition) is 2. The zero-order valence-corrected chi connectivity index (χ0v) is 12.8. The van der Waals surface area contributed by atoms with Crippen LogP contribution < -0.4 is 10.6 Å². The average molecular weight is 290 g/mol. The van der Waals surface area contributed by atoms with Gasteiger partial charge in [0.2, 0.25) is 5.91 Å². The number of rotatable bonds is 8. The number of carbonyl (C=O) groups is 1. The molecule has 2 rings (SSSR count).